The third-order valence-corrected chi connectivity index (χ3v) is 5.36. The zero-order valence-corrected chi connectivity index (χ0v) is 17.7. The molecule has 0 atom stereocenters. The number of aromatic nitrogens is 4. The van der Waals surface area contributed by atoms with Crippen molar-refractivity contribution in [3.05, 3.63) is 35.6 Å². The van der Waals surface area contributed by atoms with Gasteiger partial charge in [0.25, 0.3) is 28.2 Å². The number of ether oxygens (including phenoxy) is 3. The van der Waals surface area contributed by atoms with Crippen LogP contribution in [0.4, 0.5) is 14.7 Å². The maximum absolute atomic E-state index is 12.8. The third-order valence-electron chi connectivity index (χ3n) is 3.75. The Hall–Kier alpha value is -3.19. The minimum Gasteiger partial charge on any atom is -0.478 e. The summed E-state index contributed by atoms with van der Waals surface area (Å²) in [5.74, 6) is -1.29. The standard InChI is InChI=1S/C17H16ClF2N5O5S/c1-28-15-14(30-8-12(19)20)16(29-2)24-17(23-15)25-31(26,27)9-6-11(22-7-9)13-10(18)4-3-5-21-13/h3-7,12,22H,8H2,1-2H3,(H,23,24,25). The molecule has 0 aliphatic carbocycles. The minimum absolute atomic E-state index is 0.149. The summed E-state index contributed by atoms with van der Waals surface area (Å²) in [6.07, 6.45) is -0.0153. The fraction of sp³-hybridized carbons (Fsp3) is 0.235. The van der Waals surface area contributed by atoms with Crippen LogP contribution in [0.25, 0.3) is 11.4 Å². The van der Waals surface area contributed by atoms with Gasteiger partial charge in [-0.25, -0.2) is 21.9 Å². The van der Waals surface area contributed by atoms with Crippen molar-refractivity contribution in [2.45, 2.75) is 11.3 Å². The first-order valence-electron chi connectivity index (χ1n) is 8.48. The molecule has 10 nitrogen and oxygen atoms in total. The monoisotopic (exact) mass is 475 g/mol. The first-order chi connectivity index (χ1) is 14.7. The molecule has 0 bridgehead atoms. The van der Waals surface area contributed by atoms with Gasteiger partial charge in [0.1, 0.15) is 17.2 Å². The molecule has 0 saturated heterocycles. The maximum Gasteiger partial charge on any atom is 0.272 e. The highest BCUT2D eigenvalue weighted by atomic mass is 35.5. The molecule has 0 amide bonds. The molecule has 0 aliphatic rings. The highest BCUT2D eigenvalue weighted by molar-refractivity contribution is 7.92. The Bertz CT molecular complexity index is 1150. The van der Waals surface area contributed by atoms with E-state index < -0.39 is 29.0 Å². The van der Waals surface area contributed by atoms with Crippen LogP contribution in [-0.4, -0.2) is 55.6 Å². The summed E-state index contributed by atoms with van der Waals surface area (Å²) in [5, 5.41) is 0.332. The number of alkyl halides is 2. The van der Waals surface area contributed by atoms with Crippen molar-refractivity contribution in [2.75, 3.05) is 25.5 Å². The Balaban J connectivity index is 1.90. The fourth-order valence-electron chi connectivity index (χ4n) is 2.43. The van der Waals surface area contributed by atoms with Crippen LogP contribution in [0.5, 0.6) is 17.5 Å². The lowest BCUT2D eigenvalue weighted by Crippen LogP contribution is -2.16. The van der Waals surface area contributed by atoms with E-state index in [0.29, 0.717) is 16.4 Å². The number of hydrogen-bond acceptors (Lipinski definition) is 8. The van der Waals surface area contributed by atoms with E-state index in [2.05, 4.69) is 24.7 Å². The summed E-state index contributed by atoms with van der Waals surface area (Å²) >= 11 is 6.08. The van der Waals surface area contributed by atoms with Gasteiger partial charge < -0.3 is 19.2 Å². The quantitative estimate of drug-likeness (QED) is 0.483. The summed E-state index contributed by atoms with van der Waals surface area (Å²) in [6.45, 7) is -0.955. The molecular weight excluding hydrogens is 460 g/mol. The van der Waals surface area contributed by atoms with E-state index in [0.717, 1.165) is 0 Å². The van der Waals surface area contributed by atoms with Gasteiger partial charge in [-0.05, 0) is 18.2 Å². The lowest BCUT2D eigenvalue weighted by atomic mass is 10.3. The van der Waals surface area contributed by atoms with E-state index in [9.17, 15) is 17.2 Å². The summed E-state index contributed by atoms with van der Waals surface area (Å²) in [6, 6.07) is 4.58. The Morgan fingerprint density at radius 3 is 2.48 bits per heavy atom. The topological polar surface area (TPSA) is 128 Å². The molecule has 0 radical (unpaired) electrons. The first-order valence-corrected chi connectivity index (χ1v) is 10.3. The number of aromatic amines is 1. The molecule has 0 aromatic carbocycles. The Labute approximate surface area is 180 Å². The fourth-order valence-corrected chi connectivity index (χ4v) is 3.59. The van der Waals surface area contributed by atoms with Crippen molar-refractivity contribution in [3.8, 4) is 28.9 Å². The lowest BCUT2D eigenvalue weighted by Gasteiger charge is -2.14. The first kappa shape index (κ1) is 22.5. The molecule has 0 spiro atoms. The number of nitrogens with zero attached hydrogens (tertiary/aromatic N) is 3. The van der Waals surface area contributed by atoms with Gasteiger partial charge >= 0.3 is 0 Å². The van der Waals surface area contributed by atoms with E-state index in [4.69, 9.17) is 25.8 Å². The summed E-state index contributed by atoms with van der Waals surface area (Å²) < 4.78 is 67.5. The van der Waals surface area contributed by atoms with Crippen molar-refractivity contribution in [2.24, 2.45) is 0 Å². The Morgan fingerprint density at radius 1 is 1.23 bits per heavy atom. The molecular formula is C17H16ClF2N5O5S. The molecule has 31 heavy (non-hydrogen) atoms. The zero-order valence-electron chi connectivity index (χ0n) is 16.1. The van der Waals surface area contributed by atoms with Gasteiger partial charge in [-0.15, -0.1) is 0 Å². The van der Waals surface area contributed by atoms with Crippen LogP contribution in [0.1, 0.15) is 0 Å². The van der Waals surface area contributed by atoms with Crippen LogP contribution in [0.3, 0.4) is 0 Å². The average molecular weight is 476 g/mol. The van der Waals surface area contributed by atoms with Crippen molar-refractivity contribution in [1.82, 2.24) is 19.9 Å². The van der Waals surface area contributed by atoms with Crippen LogP contribution in [0.15, 0.2) is 35.5 Å². The smallest absolute Gasteiger partial charge is 0.272 e. The van der Waals surface area contributed by atoms with E-state index in [1.54, 1.807) is 12.1 Å². The van der Waals surface area contributed by atoms with Crippen LogP contribution in [0.2, 0.25) is 5.02 Å². The van der Waals surface area contributed by atoms with Crippen LogP contribution in [0, 0.1) is 0 Å². The number of anilines is 1. The molecule has 3 aromatic heterocycles. The summed E-state index contributed by atoms with van der Waals surface area (Å²) in [5.41, 5.74) is 0.739. The number of rotatable bonds is 9. The summed E-state index contributed by atoms with van der Waals surface area (Å²) in [7, 11) is -1.75. The third kappa shape index (κ3) is 5.11. The number of H-pyrrole nitrogens is 1. The van der Waals surface area contributed by atoms with Gasteiger partial charge in [0.05, 0.1) is 24.9 Å². The molecule has 3 rings (SSSR count). The average Bonchev–Trinajstić information content (AvgIpc) is 3.23. The Morgan fingerprint density at radius 2 is 1.90 bits per heavy atom. The number of pyridine rings is 1. The van der Waals surface area contributed by atoms with Gasteiger partial charge in [-0.1, -0.05) is 11.6 Å². The van der Waals surface area contributed by atoms with Crippen molar-refractivity contribution >= 4 is 27.6 Å². The molecule has 0 aliphatic heterocycles. The lowest BCUT2D eigenvalue weighted by molar-refractivity contribution is 0.0781. The van der Waals surface area contributed by atoms with E-state index in [1.165, 1.54) is 32.7 Å². The number of methoxy groups -OCH3 is 2. The van der Waals surface area contributed by atoms with Gasteiger partial charge in [-0.2, -0.15) is 9.97 Å². The highest BCUT2D eigenvalue weighted by Gasteiger charge is 2.24. The number of nitrogens with one attached hydrogen (secondary N) is 2. The maximum atomic E-state index is 12.8. The van der Waals surface area contributed by atoms with Gasteiger partial charge in [-0.3, -0.25) is 4.98 Å². The predicted octanol–water partition coefficient (Wildman–Crippen LogP) is 2.98. The number of hydrogen-bond donors (Lipinski definition) is 2. The second-order valence-electron chi connectivity index (χ2n) is 5.79. The van der Waals surface area contributed by atoms with E-state index in [-0.39, 0.29) is 22.4 Å². The predicted molar refractivity (Wildman–Crippen MR) is 106 cm³/mol. The van der Waals surface area contributed by atoms with Crippen LogP contribution < -0.4 is 18.9 Å². The van der Waals surface area contributed by atoms with Crippen molar-refractivity contribution < 1.29 is 31.4 Å². The number of halogens is 3. The van der Waals surface area contributed by atoms with Gasteiger partial charge in [0, 0.05) is 12.4 Å². The van der Waals surface area contributed by atoms with Crippen LogP contribution in [-0.2, 0) is 10.0 Å². The van der Waals surface area contributed by atoms with Gasteiger partial charge in [0.2, 0.25) is 11.7 Å². The van der Waals surface area contributed by atoms with Gasteiger partial charge in [0.15, 0.2) is 0 Å². The van der Waals surface area contributed by atoms with E-state index >= 15 is 0 Å². The number of sulfonamides is 1. The van der Waals surface area contributed by atoms with Crippen LogP contribution >= 0.6 is 11.6 Å². The molecule has 166 valence electrons. The highest BCUT2D eigenvalue weighted by Crippen LogP contribution is 2.36. The Kier molecular flexibility index (Phi) is 6.75. The van der Waals surface area contributed by atoms with E-state index in [1.807, 2.05) is 0 Å². The second-order valence-corrected chi connectivity index (χ2v) is 7.87. The SMILES string of the molecule is COc1nc(NS(=O)(=O)c2c[nH]c(-c3ncccc3Cl)c2)nc(OC)c1OCC(F)F. The molecule has 0 fully saturated rings. The molecule has 0 saturated carbocycles. The molecule has 14 heteroatoms. The normalized spacial score (nSPS) is 11.4. The second kappa shape index (κ2) is 9.31. The molecule has 3 heterocycles. The van der Waals surface area contributed by atoms with Crippen molar-refractivity contribution in [3.63, 3.8) is 0 Å². The zero-order chi connectivity index (χ0) is 22.6. The summed E-state index contributed by atoms with van der Waals surface area (Å²) in [4.78, 5) is 14.4. The molecule has 2 N–H and O–H groups in total. The van der Waals surface area contributed by atoms with Crippen molar-refractivity contribution in [1.29, 1.82) is 0 Å². The largest absolute Gasteiger partial charge is 0.478 e. The molecule has 0 unspecified atom stereocenters. The molecule has 3 aromatic rings. The minimum atomic E-state index is -4.15.